The number of carbonyl (C=O) groups excluding carboxylic acids is 1. The highest BCUT2D eigenvalue weighted by molar-refractivity contribution is 9.10. The maximum absolute atomic E-state index is 12.9. The van der Waals surface area contributed by atoms with Crippen LogP contribution >= 0.6 is 28.1 Å². The molecule has 2 fully saturated rings. The molecule has 32 heavy (non-hydrogen) atoms. The second kappa shape index (κ2) is 9.79. The molecule has 4 rings (SSSR count). The number of amides is 1. The molecule has 0 atom stereocenters. The van der Waals surface area contributed by atoms with Crippen LogP contribution < -0.4 is 10.1 Å². The number of nitrogens with one attached hydrogen (secondary N) is 1. The van der Waals surface area contributed by atoms with Crippen LogP contribution in [0.1, 0.15) is 43.2 Å². The SMILES string of the molecule is O=C1/C(=C/c2ccc(OCc3cccc([N+](=O)[O-])c3)c(Br)c2)NC(=S)N1C1CCCCC1. The van der Waals surface area contributed by atoms with Gasteiger partial charge in [-0.15, -0.1) is 0 Å². The van der Waals surface area contributed by atoms with Crippen LogP contribution in [0, 0.1) is 10.1 Å². The minimum absolute atomic E-state index is 0.0288. The van der Waals surface area contributed by atoms with Crippen LogP contribution in [0.4, 0.5) is 5.69 Å². The predicted molar refractivity (Wildman–Crippen MR) is 129 cm³/mol. The van der Waals surface area contributed by atoms with Gasteiger partial charge in [0.15, 0.2) is 5.11 Å². The van der Waals surface area contributed by atoms with Gasteiger partial charge in [0.2, 0.25) is 0 Å². The van der Waals surface area contributed by atoms with Gasteiger partial charge in [-0.2, -0.15) is 0 Å². The number of carbonyl (C=O) groups is 1. The minimum atomic E-state index is -0.429. The Kier molecular flexibility index (Phi) is 6.86. The Morgan fingerprint density at radius 3 is 2.72 bits per heavy atom. The third-order valence-corrected chi connectivity index (χ3v) is 6.55. The van der Waals surface area contributed by atoms with E-state index >= 15 is 0 Å². The van der Waals surface area contributed by atoms with Gasteiger partial charge in [0, 0.05) is 18.2 Å². The summed E-state index contributed by atoms with van der Waals surface area (Å²) in [4.78, 5) is 25.2. The smallest absolute Gasteiger partial charge is 0.276 e. The molecule has 2 aliphatic rings. The van der Waals surface area contributed by atoms with Gasteiger partial charge < -0.3 is 10.1 Å². The summed E-state index contributed by atoms with van der Waals surface area (Å²) in [6.07, 6.45) is 7.23. The molecule has 2 aromatic rings. The van der Waals surface area contributed by atoms with Crippen LogP contribution in [-0.2, 0) is 11.4 Å². The summed E-state index contributed by atoms with van der Waals surface area (Å²) in [5.41, 5.74) is 2.02. The lowest BCUT2D eigenvalue weighted by Gasteiger charge is -2.29. The Morgan fingerprint density at radius 1 is 1.22 bits per heavy atom. The number of nitro groups is 1. The molecule has 1 amide bonds. The number of hydrogen-bond donors (Lipinski definition) is 1. The fraction of sp³-hybridized carbons (Fsp3) is 0.304. The van der Waals surface area contributed by atoms with E-state index in [-0.39, 0.29) is 24.2 Å². The lowest BCUT2D eigenvalue weighted by atomic mass is 9.94. The van der Waals surface area contributed by atoms with Crippen molar-refractivity contribution in [3.63, 3.8) is 0 Å². The van der Waals surface area contributed by atoms with Crippen molar-refractivity contribution in [1.82, 2.24) is 10.2 Å². The van der Waals surface area contributed by atoms with E-state index < -0.39 is 4.92 Å². The highest BCUT2D eigenvalue weighted by Gasteiger charge is 2.36. The Bertz CT molecular complexity index is 1100. The van der Waals surface area contributed by atoms with Crippen molar-refractivity contribution in [2.75, 3.05) is 0 Å². The number of halogens is 1. The average Bonchev–Trinajstić information content (AvgIpc) is 3.06. The Morgan fingerprint density at radius 2 is 2.00 bits per heavy atom. The van der Waals surface area contributed by atoms with Crippen LogP contribution in [0.3, 0.4) is 0 Å². The molecule has 7 nitrogen and oxygen atoms in total. The quantitative estimate of drug-likeness (QED) is 0.242. The van der Waals surface area contributed by atoms with E-state index in [0.29, 0.717) is 22.1 Å². The zero-order valence-electron chi connectivity index (χ0n) is 17.3. The Labute approximate surface area is 199 Å². The van der Waals surface area contributed by atoms with Crippen molar-refractivity contribution < 1.29 is 14.5 Å². The minimum Gasteiger partial charge on any atom is -0.488 e. The number of nitro benzene ring substituents is 1. The molecule has 9 heteroatoms. The molecule has 0 aromatic heterocycles. The van der Waals surface area contributed by atoms with Gasteiger partial charge in [-0.25, -0.2) is 0 Å². The number of ether oxygens (including phenoxy) is 1. The van der Waals surface area contributed by atoms with E-state index in [0.717, 1.165) is 35.7 Å². The number of hydrogen-bond acceptors (Lipinski definition) is 5. The standard InChI is InChI=1S/C23H22BrN3O4S/c24-19-12-15(9-10-21(19)31-14-16-5-4-8-18(11-16)27(29)30)13-20-22(28)26(23(32)25-20)17-6-2-1-3-7-17/h4-5,8-13,17H,1-3,6-7,14H2,(H,25,32)/b20-13-. The molecule has 0 bridgehead atoms. The molecule has 1 heterocycles. The average molecular weight is 516 g/mol. The molecule has 0 unspecified atom stereocenters. The van der Waals surface area contributed by atoms with Gasteiger partial charge in [-0.05, 0) is 70.3 Å². The van der Waals surface area contributed by atoms with Gasteiger partial charge in [0.25, 0.3) is 11.6 Å². The summed E-state index contributed by atoms with van der Waals surface area (Å²) in [5.74, 6) is 0.521. The first-order chi connectivity index (χ1) is 15.4. The maximum Gasteiger partial charge on any atom is 0.276 e. The largest absolute Gasteiger partial charge is 0.488 e. The topological polar surface area (TPSA) is 84.7 Å². The van der Waals surface area contributed by atoms with Crippen molar-refractivity contribution in [3.05, 3.63) is 73.9 Å². The maximum atomic E-state index is 12.9. The van der Waals surface area contributed by atoms with Crippen molar-refractivity contribution in [1.29, 1.82) is 0 Å². The van der Waals surface area contributed by atoms with Crippen molar-refractivity contribution in [2.45, 2.75) is 44.8 Å². The second-order valence-corrected chi connectivity index (χ2v) is 9.10. The normalized spacial score (nSPS) is 18.2. The molecule has 166 valence electrons. The third kappa shape index (κ3) is 4.99. The molecule has 1 N–H and O–H groups in total. The first-order valence-corrected chi connectivity index (χ1v) is 11.6. The fourth-order valence-electron chi connectivity index (χ4n) is 4.03. The van der Waals surface area contributed by atoms with Crippen molar-refractivity contribution >= 4 is 50.9 Å². The highest BCUT2D eigenvalue weighted by Crippen LogP contribution is 2.30. The summed E-state index contributed by atoms with van der Waals surface area (Å²) in [6.45, 7) is 0.200. The van der Waals surface area contributed by atoms with E-state index in [1.165, 1.54) is 18.6 Å². The van der Waals surface area contributed by atoms with Gasteiger partial charge in [0.05, 0.1) is 9.40 Å². The first kappa shape index (κ1) is 22.4. The lowest BCUT2D eigenvalue weighted by molar-refractivity contribution is -0.384. The molecular formula is C23H22BrN3O4S. The summed E-state index contributed by atoms with van der Waals surface area (Å²) in [5, 5.41) is 14.5. The van der Waals surface area contributed by atoms with Gasteiger partial charge >= 0.3 is 0 Å². The molecule has 1 aliphatic carbocycles. The molecule has 1 saturated carbocycles. The number of nitrogens with zero attached hydrogens (tertiary/aromatic N) is 2. The third-order valence-electron chi connectivity index (χ3n) is 5.63. The zero-order chi connectivity index (χ0) is 22.7. The number of benzene rings is 2. The van der Waals surface area contributed by atoms with Crippen molar-refractivity contribution in [2.24, 2.45) is 0 Å². The molecule has 2 aromatic carbocycles. The van der Waals surface area contributed by atoms with E-state index in [2.05, 4.69) is 21.2 Å². The number of non-ortho nitro benzene ring substituents is 1. The highest BCUT2D eigenvalue weighted by atomic mass is 79.9. The van der Waals surface area contributed by atoms with Gasteiger partial charge in [-0.3, -0.25) is 19.8 Å². The van der Waals surface area contributed by atoms with Gasteiger partial charge in [-0.1, -0.05) is 37.5 Å². The van der Waals surface area contributed by atoms with E-state index in [1.807, 2.05) is 12.1 Å². The van der Waals surface area contributed by atoms with Crippen LogP contribution in [-0.4, -0.2) is 26.9 Å². The number of thiocarbonyl (C=S) groups is 1. The molecule has 0 spiro atoms. The second-order valence-electron chi connectivity index (χ2n) is 7.86. The molecule has 1 saturated heterocycles. The monoisotopic (exact) mass is 515 g/mol. The zero-order valence-corrected chi connectivity index (χ0v) is 19.7. The van der Waals surface area contributed by atoms with Crippen LogP contribution in [0.15, 0.2) is 52.6 Å². The summed E-state index contributed by atoms with van der Waals surface area (Å²) >= 11 is 8.93. The van der Waals surface area contributed by atoms with Crippen LogP contribution in [0.2, 0.25) is 0 Å². The van der Waals surface area contributed by atoms with Crippen molar-refractivity contribution in [3.8, 4) is 5.75 Å². The van der Waals surface area contributed by atoms with E-state index in [9.17, 15) is 14.9 Å². The van der Waals surface area contributed by atoms with E-state index in [1.54, 1.807) is 29.2 Å². The fourth-order valence-corrected chi connectivity index (χ4v) is 4.88. The summed E-state index contributed by atoms with van der Waals surface area (Å²) in [7, 11) is 0. The predicted octanol–water partition coefficient (Wildman–Crippen LogP) is 5.33. The van der Waals surface area contributed by atoms with E-state index in [4.69, 9.17) is 17.0 Å². The molecule has 1 aliphatic heterocycles. The number of rotatable bonds is 6. The molecule has 0 radical (unpaired) electrons. The summed E-state index contributed by atoms with van der Waals surface area (Å²) < 4.78 is 6.53. The van der Waals surface area contributed by atoms with Gasteiger partial charge in [0.1, 0.15) is 18.1 Å². The Hall–Kier alpha value is -2.78. The molecular weight excluding hydrogens is 494 g/mol. The lowest BCUT2D eigenvalue weighted by Crippen LogP contribution is -2.41. The first-order valence-electron chi connectivity index (χ1n) is 10.4. The van der Waals surface area contributed by atoms with Crippen LogP contribution in [0.5, 0.6) is 5.75 Å². The van der Waals surface area contributed by atoms with Crippen LogP contribution in [0.25, 0.3) is 6.08 Å². The summed E-state index contributed by atoms with van der Waals surface area (Å²) in [6, 6.07) is 12.0. The Balaban J connectivity index is 1.44.